The molecule has 4 aromatic rings. The van der Waals surface area contributed by atoms with Crippen LogP contribution in [-0.4, -0.2) is 14.5 Å². The number of ether oxygens (including phenoxy) is 1. The van der Waals surface area contributed by atoms with Gasteiger partial charge in [0.25, 0.3) is 0 Å². The van der Waals surface area contributed by atoms with E-state index in [0.29, 0.717) is 12.5 Å². The highest BCUT2D eigenvalue weighted by Crippen LogP contribution is 2.17. The van der Waals surface area contributed by atoms with E-state index in [1.807, 2.05) is 43.6 Å². The fourth-order valence-corrected chi connectivity index (χ4v) is 3.47. The molecule has 0 aliphatic carbocycles. The molecule has 4 rings (SSSR count). The summed E-state index contributed by atoms with van der Waals surface area (Å²) >= 11 is 0. The van der Waals surface area contributed by atoms with E-state index in [2.05, 4.69) is 57.9 Å². The van der Waals surface area contributed by atoms with Crippen LogP contribution in [0.3, 0.4) is 0 Å². The van der Waals surface area contributed by atoms with Crippen molar-refractivity contribution in [2.24, 2.45) is 0 Å². The van der Waals surface area contributed by atoms with Crippen LogP contribution in [0.25, 0.3) is 12.2 Å². The SMILES string of the molecule is Cc1ccc(/C=C/c2nc(COc3ccc(CCCCn4ccnc4C)cc3)co2)cc1. The summed E-state index contributed by atoms with van der Waals surface area (Å²) in [5, 5.41) is 0. The molecule has 0 fully saturated rings. The maximum absolute atomic E-state index is 5.87. The van der Waals surface area contributed by atoms with Gasteiger partial charge in [0.05, 0.1) is 0 Å². The largest absolute Gasteiger partial charge is 0.487 e. The Hall–Kier alpha value is -3.60. The first kappa shape index (κ1) is 21.6. The number of benzene rings is 2. The van der Waals surface area contributed by atoms with Crippen molar-refractivity contribution in [2.75, 3.05) is 0 Å². The Morgan fingerprint density at radius 2 is 1.78 bits per heavy atom. The zero-order chi connectivity index (χ0) is 22.2. The van der Waals surface area contributed by atoms with Gasteiger partial charge in [-0.1, -0.05) is 42.0 Å². The first-order chi connectivity index (χ1) is 15.7. The van der Waals surface area contributed by atoms with Crippen molar-refractivity contribution in [1.82, 2.24) is 14.5 Å². The van der Waals surface area contributed by atoms with Crippen LogP contribution < -0.4 is 4.74 Å². The lowest BCUT2D eigenvalue weighted by atomic mass is 10.1. The van der Waals surface area contributed by atoms with E-state index < -0.39 is 0 Å². The average molecular weight is 428 g/mol. The summed E-state index contributed by atoms with van der Waals surface area (Å²) in [5.41, 5.74) is 4.45. The molecule has 164 valence electrons. The second-order valence-electron chi connectivity index (χ2n) is 7.98. The van der Waals surface area contributed by atoms with Gasteiger partial charge in [0.2, 0.25) is 5.89 Å². The van der Waals surface area contributed by atoms with E-state index in [1.165, 1.54) is 11.1 Å². The summed E-state index contributed by atoms with van der Waals surface area (Å²) in [6, 6.07) is 16.6. The van der Waals surface area contributed by atoms with Gasteiger partial charge in [-0.05, 0) is 62.4 Å². The van der Waals surface area contributed by atoms with Gasteiger partial charge in [0.15, 0.2) is 0 Å². The zero-order valence-electron chi connectivity index (χ0n) is 18.7. The van der Waals surface area contributed by atoms with Crippen molar-refractivity contribution in [2.45, 2.75) is 46.3 Å². The molecule has 2 aromatic carbocycles. The van der Waals surface area contributed by atoms with Crippen LogP contribution in [-0.2, 0) is 19.6 Å². The van der Waals surface area contributed by atoms with Crippen molar-refractivity contribution in [1.29, 1.82) is 0 Å². The van der Waals surface area contributed by atoms with Gasteiger partial charge in [0, 0.05) is 25.0 Å². The molecule has 2 aromatic heterocycles. The Morgan fingerprint density at radius 1 is 0.969 bits per heavy atom. The number of unbranched alkanes of at least 4 members (excludes halogenated alkanes) is 1. The molecule has 5 nitrogen and oxygen atoms in total. The van der Waals surface area contributed by atoms with Crippen molar-refractivity contribution < 1.29 is 9.15 Å². The smallest absolute Gasteiger partial charge is 0.218 e. The van der Waals surface area contributed by atoms with E-state index in [-0.39, 0.29) is 0 Å². The quantitative estimate of drug-likeness (QED) is 0.280. The standard InChI is InChI=1S/C27H29N3O2/c1-21-6-8-24(9-7-21)12-15-27-29-25(20-32-27)19-31-26-13-10-23(11-14-26)5-3-4-17-30-18-16-28-22(30)2/h6-16,18,20H,3-5,17,19H2,1-2H3/b15-12+. The third-order valence-corrected chi connectivity index (χ3v) is 5.41. The number of hydrogen-bond donors (Lipinski definition) is 0. The van der Waals surface area contributed by atoms with Gasteiger partial charge in [-0.2, -0.15) is 0 Å². The number of imidazole rings is 1. The van der Waals surface area contributed by atoms with Crippen LogP contribution in [0.1, 0.15) is 46.9 Å². The Labute approximate surface area is 189 Å². The van der Waals surface area contributed by atoms with Gasteiger partial charge in [-0.3, -0.25) is 0 Å². The lowest BCUT2D eigenvalue weighted by Crippen LogP contribution is -2.00. The maximum atomic E-state index is 5.87. The average Bonchev–Trinajstić information content (AvgIpc) is 3.44. The van der Waals surface area contributed by atoms with Gasteiger partial charge in [0.1, 0.15) is 30.1 Å². The topological polar surface area (TPSA) is 53.1 Å². The van der Waals surface area contributed by atoms with Crippen LogP contribution >= 0.6 is 0 Å². The molecule has 0 saturated carbocycles. The van der Waals surface area contributed by atoms with Crippen LogP contribution in [0, 0.1) is 13.8 Å². The number of hydrogen-bond acceptors (Lipinski definition) is 4. The molecule has 0 radical (unpaired) electrons. The molecule has 0 N–H and O–H groups in total. The summed E-state index contributed by atoms with van der Waals surface area (Å²) in [6.07, 6.45) is 12.8. The lowest BCUT2D eigenvalue weighted by Gasteiger charge is -2.07. The Morgan fingerprint density at radius 3 is 2.53 bits per heavy atom. The lowest BCUT2D eigenvalue weighted by molar-refractivity contribution is 0.301. The van der Waals surface area contributed by atoms with E-state index in [0.717, 1.165) is 48.6 Å². The van der Waals surface area contributed by atoms with Gasteiger partial charge in [-0.15, -0.1) is 0 Å². The highest BCUT2D eigenvalue weighted by Gasteiger charge is 2.03. The zero-order valence-corrected chi connectivity index (χ0v) is 18.7. The van der Waals surface area contributed by atoms with Crippen LogP contribution in [0.5, 0.6) is 5.75 Å². The summed E-state index contributed by atoms with van der Waals surface area (Å²) in [7, 11) is 0. The van der Waals surface area contributed by atoms with Crippen LogP contribution in [0.15, 0.2) is 71.6 Å². The highest BCUT2D eigenvalue weighted by atomic mass is 16.5. The molecule has 2 heterocycles. The summed E-state index contributed by atoms with van der Waals surface area (Å²) in [6.45, 7) is 5.52. The maximum Gasteiger partial charge on any atom is 0.218 e. The first-order valence-electron chi connectivity index (χ1n) is 11.0. The van der Waals surface area contributed by atoms with E-state index in [1.54, 1.807) is 6.26 Å². The number of aromatic nitrogens is 3. The molecular formula is C27H29N3O2. The minimum atomic E-state index is 0.380. The third kappa shape index (κ3) is 6.20. The molecule has 5 heteroatoms. The van der Waals surface area contributed by atoms with E-state index >= 15 is 0 Å². The number of rotatable bonds is 10. The molecule has 0 amide bonds. The summed E-state index contributed by atoms with van der Waals surface area (Å²) in [4.78, 5) is 8.73. The predicted molar refractivity (Wildman–Crippen MR) is 127 cm³/mol. The molecule has 0 atom stereocenters. The molecule has 0 unspecified atom stereocenters. The monoisotopic (exact) mass is 427 g/mol. The molecule has 0 spiro atoms. The molecule has 32 heavy (non-hydrogen) atoms. The molecule has 0 bridgehead atoms. The molecule has 0 saturated heterocycles. The minimum absolute atomic E-state index is 0.380. The fraction of sp³-hybridized carbons (Fsp3) is 0.259. The van der Waals surface area contributed by atoms with E-state index in [9.17, 15) is 0 Å². The van der Waals surface area contributed by atoms with E-state index in [4.69, 9.17) is 9.15 Å². The van der Waals surface area contributed by atoms with Crippen molar-refractivity contribution >= 4 is 12.2 Å². The minimum Gasteiger partial charge on any atom is -0.487 e. The van der Waals surface area contributed by atoms with Crippen molar-refractivity contribution in [3.05, 3.63) is 101 Å². The third-order valence-electron chi connectivity index (χ3n) is 5.41. The van der Waals surface area contributed by atoms with Gasteiger partial charge >= 0.3 is 0 Å². The fourth-order valence-electron chi connectivity index (χ4n) is 3.47. The Kier molecular flexibility index (Phi) is 7.18. The number of aryl methyl sites for hydroxylation is 4. The van der Waals surface area contributed by atoms with Crippen LogP contribution in [0.2, 0.25) is 0 Å². The Bertz CT molecular complexity index is 1140. The molecular weight excluding hydrogens is 398 g/mol. The van der Waals surface area contributed by atoms with Crippen LogP contribution in [0.4, 0.5) is 0 Å². The second-order valence-corrected chi connectivity index (χ2v) is 7.98. The summed E-state index contributed by atoms with van der Waals surface area (Å²) in [5.74, 6) is 2.49. The van der Waals surface area contributed by atoms with Gasteiger partial charge in [-0.25, -0.2) is 9.97 Å². The Balaban J connectivity index is 1.20. The number of oxazole rings is 1. The second kappa shape index (κ2) is 10.6. The first-order valence-corrected chi connectivity index (χ1v) is 11.0. The van der Waals surface area contributed by atoms with Crippen molar-refractivity contribution in [3.63, 3.8) is 0 Å². The number of nitrogens with zero attached hydrogens (tertiary/aromatic N) is 3. The van der Waals surface area contributed by atoms with Gasteiger partial charge < -0.3 is 13.7 Å². The van der Waals surface area contributed by atoms with Crippen molar-refractivity contribution in [3.8, 4) is 5.75 Å². The normalized spacial score (nSPS) is 11.3. The predicted octanol–water partition coefficient (Wildman–Crippen LogP) is 6.26. The molecule has 0 aliphatic rings. The summed E-state index contributed by atoms with van der Waals surface area (Å²) < 4.78 is 13.6. The molecule has 0 aliphatic heterocycles. The highest BCUT2D eigenvalue weighted by molar-refractivity contribution is 5.66.